The molecular formula is C15H16N2O3S3. The van der Waals surface area contributed by atoms with E-state index in [1.807, 2.05) is 25.3 Å². The highest BCUT2D eigenvalue weighted by Gasteiger charge is 2.40. The minimum atomic E-state index is -3.85. The third-order valence-corrected chi connectivity index (χ3v) is 7.63. The lowest BCUT2D eigenvalue weighted by Gasteiger charge is -2.28. The first-order chi connectivity index (χ1) is 10.9. The number of anilines is 1. The van der Waals surface area contributed by atoms with Crippen LogP contribution in [0.3, 0.4) is 0 Å². The van der Waals surface area contributed by atoms with Crippen LogP contribution >= 0.6 is 23.1 Å². The summed E-state index contributed by atoms with van der Waals surface area (Å²) in [7, 11) is -3.85. The molecule has 0 spiro atoms. The fourth-order valence-corrected chi connectivity index (χ4v) is 5.98. The number of rotatable bonds is 3. The first-order valence-electron chi connectivity index (χ1n) is 6.99. The molecule has 2 heterocycles. The Labute approximate surface area is 143 Å². The molecule has 0 unspecified atom stereocenters. The lowest BCUT2D eigenvalue weighted by Crippen LogP contribution is -2.35. The van der Waals surface area contributed by atoms with Crippen LogP contribution in [-0.2, 0) is 10.0 Å². The van der Waals surface area contributed by atoms with E-state index in [4.69, 9.17) is 0 Å². The second-order valence-corrected chi connectivity index (χ2v) is 8.85. The number of fused-ring (bicyclic) bond motifs is 1. The van der Waals surface area contributed by atoms with Crippen molar-refractivity contribution in [3.63, 3.8) is 0 Å². The molecule has 1 aliphatic heterocycles. The van der Waals surface area contributed by atoms with Crippen molar-refractivity contribution in [2.75, 3.05) is 17.1 Å². The van der Waals surface area contributed by atoms with Crippen LogP contribution < -0.4 is 4.31 Å². The van der Waals surface area contributed by atoms with Gasteiger partial charge in [-0.3, -0.25) is 0 Å². The molecule has 0 fully saturated rings. The molecular weight excluding hydrogens is 352 g/mol. The summed E-state index contributed by atoms with van der Waals surface area (Å²) in [6.45, 7) is 3.85. The number of thioether (sulfide) groups is 1. The summed E-state index contributed by atoms with van der Waals surface area (Å²) >= 11 is 2.73. The molecule has 0 saturated carbocycles. The maximum atomic E-state index is 13.0. The summed E-state index contributed by atoms with van der Waals surface area (Å²) in [4.78, 5) is 4.82. The topological polar surface area (TPSA) is 70.5 Å². The molecule has 5 nitrogen and oxygen atoms in total. The minimum absolute atomic E-state index is 0.0405. The van der Waals surface area contributed by atoms with Gasteiger partial charge in [0, 0.05) is 12.1 Å². The monoisotopic (exact) mass is 368 g/mol. The van der Waals surface area contributed by atoms with E-state index >= 15 is 0 Å². The number of aliphatic hydroxyl groups excluding tert-OH is 1. The summed E-state index contributed by atoms with van der Waals surface area (Å²) in [6, 6.07) is 7.15. The van der Waals surface area contributed by atoms with Crippen molar-refractivity contribution < 1.29 is 13.5 Å². The molecule has 0 aliphatic carbocycles. The second-order valence-electron chi connectivity index (χ2n) is 5.00. The number of aliphatic hydroxyl groups is 1. The zero-order valence-electron chi connectivity index (χ0n) is 12.9. The maximum absolute atomic E-state index is 13.0. The van der Waals surface area contributed by atoms with Gasteiger partial charge >= 0.3 is 0 Å². The fraction of sp³-hybridized carbons (Fsp3) is 0.267. The van der Waals surface area contributed by atoms with Gasteiger partial charge < -0.3 is 5.11 Å². The number of aryl methyl sites for hydroxylation is 1. The van der Waals surface area contributed by atoms with Crippen molar-refractivity contribution in [3.05, 3.63) is 40.3 Å². The summed E-state index contributed by atoms with van der Waals surface area (Å²) in [6.07, 6.45) is 1.87. The smallest absolute Gasteiger partial charge is 0.269 e. The molecule has 3 rings (SSSR count). The van der Waals surface area contributed by atoms with Gasteiger partial charge in [0.05, 0.1) is 0 Å². The summed E-state index contributed by atoms with van der Waals surface area (Å²) in [5.41, 5.74) is 1.32. The van der Waals surface area contributed by atoms with E-state index in [0.717, 1.165) is 9.90 Å². The molecule has 0 atom stereocenters. The molecule has 0 bridgehead atoms. The van der Waals surface area contributed by atoms with Crippen LogP contribution in [0.5, 0.6) is 0 Å². The number of thiazole rings is 1. The molecule has 122 valence electrons. The average Bonchev–Trinajstić information content (AvgIpc) is 2.93. The second kappa shape index (κ2) is 5.85. The van der Waals surface area contributed by atoms with Gasteiger partial charge in [-0.2, -0.15) is 0 Å². The Morgan fingerprint density at radius 2 is 2.04 bits per heavy atom. The Bertz CT molecular complexity index is 900. The Balaban J connectivity index is 2.37. The molecule has 0 radical (unpaired) electrons. The lowest BCUT2D eigenvalue weighted by molar-refractivity contribution is 0.514. The maximum Gasteiger partial charge on any atom is 0.269 e. The first kappa shape index (κ1) is 16.4. The zero-order chi connectivity index (χ0) is 16.8. The molecule has 1 aromatic carbocycles. The van der Waals surface area contributed by atoms with Gasteiger partial charge in [-0.1, -0.05) is 36.0 Å². The highest BCUT2D eigenvalue weighted by atomic mass is 32.2. The van der Waals surface area contributed by atoms with Gasteiger partial charge in [-0.05, 0) is 25.7 Å². The van der Waals surface area contributed by atoms with E-state index in [-0.39, 0.29) is 17.2 Å². The zero-order valence-corrected chi connectivity index (χ0v) is 15.3. The third-order valence-electron chi connectivity index (χ3n) is 3.66. The average molecular weight is 369 g/mol. The molecule has 2 aromatic rings. The molecule has 1 aromatic heterocycles. The largest absolute Gasteiger partial charge is 0.505 e. The number of hydrogen-bond acceptors (Lipinski definition) is 6. The van der Waals surface area contributed by atoms with E-state index in [9.17, 15) is 13.5 Å². The van der Waals surface area contributed by atoms with Crippen LogP contribution in [-0.4, -0.2) is 31.3 Å². The van der Waals surface area contributed by atoms with Gasteiger partial charge in [0.1, 0.15) is 9.78 Å². The number of nitrogens with zero attached hydrogens (tertiary/aromatic N) is 2. The van der Waals surface area contributed by atoms with Crippen molar-refractivity contribution in [1.82, 2.24) is 4.98 Å². The van der Waals surface area contributed by atoms with Crippen LogP contribution in [0.2, 0.25) is 0 Å². The van der Waals surface area contributed by atoms with Crippen molar-refractivity contribution in [1.29, 1.82) is 0 Å². The Morgan fingerprint density at radius 3 is 2.65 bits per heavy atom. The Morgan fingerprint density at radius 1 is 1.35 bits per heavy atom. The van der Waals surface area contributed by atoms with Crippen LogP contribution in [0.25, 0.3) is 10.7 Å². The van der Waals surface area contributed by atoms with E-state index in [2.05, 4.69) is 4.98 Å². The predicted molar refractivity (Wildman–Crippen MR) is 96.5 cm³/mol. The van der Waals surface area contributed by atoms with E-state index in [0.29, 0.717) is 16.3 Å². The first-order valence-corrected chi connectivity index (χ1v) is 10.5. The van der Waals surface area contributed by atoms with E-state index in [1.54, 1.807) is 19.1 Å². The quantitative estimate of drug-likeness (QED) is 0.836. The van der Waals surface area contributed by atoms with Gasteiger partial charge in [0.2, 0.25) is 0 Å². The highest BCUT2D eigenvalue weighted by Crippen LogP contribution is 2.46. The normalized spacial score (nSPS) is 16.6. The SMILES string of the molecule is CCN1c2nc(SC)sc2C(O)=C(c2ccccc2C)S1(=O)=O. The van der Waals surface area contributed by atoms with Gasteiger partial charge in [-0.25, -0.2) is 17.7 Å². The van der Waals surface area contributed by atoms with Crippen LogP contribution in [0.15, 0.2) is 28.6 Å². The fourth-order valence-electron chi connectivity index (χ4n) is 2.57. The predicted octanol–water partition coefficient (Wildman–Crippen LogP) is 3.73. The van der Waals surface area contributed by atoms with Gasteiger partial charge in [-0.15, -0.1) is 11.3 Å². The van der Waals surface area contributed by atoms with Crippen LogP contribution in [0, 0.1) is 6.92 Å². The molecule has 0 amide bonds. The Hall–Kier alpha value is -1.51. The van der Waals surface area contributed by atoms with Gasteiger partial charge in [0.15, 0.2) is 15.9 Å². The van der Waals surface area contributed by atoms with E-state index < -0.39 is 10.0 Å². The summed E-state index contributed by atoms with van der Waals surface area (Å²) in [5.74, 6) is 0.105. The summed E-state index contributed by atoms with van der Waals surface area (Å²) in [5, 5.41) is 10.7. The minimum Gasteiger partial charge on any atom is -0.505 e. The molecule has 23 heavy (non-hydrogen) atoms. The number of hydrogen-bond donors (Lipinski definition) is 1. The Kier molecular flexibility index (Phi) is 4.16. The third kappa shape index (κ3) is 2.45. The number of aromatic nitrogens is 1. The van der Waals surface area contributed by atoms with Crippen molar-refractivity contribution in [2.24, 2.45) is 0 Å². The standard InChI is InChI=1S/C15H16N2O3S3/c1-4-17-14-12(22-15(16-14)21-3)11(18)13(23(17,19)20)10-8-6-5-7-9(10)2/h5-8,18H,4H2,1-3H3. The van der Waals surface area contributed by atoms with E-state index in [1.165, 1.54) is 27.4 Å². The highest BCUT2D eigenvalue weighted by molar-refractivity contribution is 8.02. The van der Waals surface area contributed by atoms with Crippen LogP contribution in [0.1, 0.15) is 22.9 Å². The molecule has 0 saturated heterocycles. The van der Waals surface area contributed by atoms with Crippen LogP contribution in [0.4, 0.5) is 5.82 Å². The lowest BCUT2D eigenvalue weighted by atomic mass is 10.1. The summed E-state index contributed by atoms with van der Waals surface area (Å²) < 4.78 is 28.1. The van der Waals surface area contributed by atoms with Crippen molar-refractivity contribution >= 4 is 49.6 Å². The molecule has 1 N–H and O–H groups in total. The van der Waals surface area contributed by atoms with Gasteiger partial charge in [0.25, 0.3) is 10.0 Å². The van der Waals surface area contributed by atoms with Crippen molar-refractivity contribution in [2.45, 2.75) is 18.2 Å². The number of benzene rings is 1. The molecule has 1 aliphatic rings. The molecule has 8 heteroatoms. The van der Waals surface area contributed by atoms with Crippen molar-refractivity contribution in [3.8, 4) is 0 Å². The number of sulfonamides is 1.